The van der Waals surface area contributed by atoms with Gasteiger partial charge in [-0.15, -0.1) is 0 Å². The van der Waals surface area contributed by atoms with Crippen LogP contribution in [-0.4, -0.2) is 61.3 Å². The van der Waals surface area contributed by atoms with Crippen molar-refractivity contribution in [2.45, 2.75) is 26.9 Å². The molecule has 0 aromatic heterocycles. The number of hydrogen-bond acceptors (Lipinski definition) is 5. The zero-order valence-electron chi connectivity index (χ0n) is 18.3. The van der Waals surface area contributed by atoms with Crippen molar-refractivity contribution in [2.75, 3.05) is 37.6 Å². The maximum atomic E-state index is 12.5. The van der Waals surface area contributed by atoms with Crippen molar-refractivity contribution < 1.29 is 19.1 Å². The summed E-state index contributed by atoms with van der Waals surface area (Å²) in [4.78, 5) is 40.2. The Labute approximate surface area is 183 Å². The van der Waals surface area contributed by atoms with Crippen LogP contribution in [0.15, 0.2) is 48.5 Å². The minimum Gasteiger partial charge on any atom is -0.491 e. The fourth-order valence-corrected chi connectivity index (χ4v) is 3.45. The van der Waals surface area contributed by atoms with Gasteiger partial charge in [0.1, 0.15) is 5.75 Å². The number of carbonyl (C=O) groups excluding carboxylic acids is 3. The topological polar surface area (TPSA) is 79.0 Å². The van der Waals surface area contributed by atoms with Crippen LogP contribution in [0.4, 0.5) is 5.69 Å². The van der Waals surface area contributed by atoms with Gasteiger partial charge in [-0.3, -0.25) is 14.4 Å². The summed E-state index contributed by atoms with van der Waals surface area (Å²) in [6.45, 7) is 7.99. The molecule has 1 aliphatic rings. The summed E-state index contributed by atoms with van der Waals surface area (Å²) < 4.78 is 5.57. The molecular formula is C24H29N3O4. The molecule has 7 nitrogen and oxygen atoms in total. The van der Waals surface area contributed by atoms with E-state index in [4.69, 9.17) is 4.74 Å². The van der Waals surface area contributed by atoms with Crippen molar-refractivity contribution in [3.63, 3.8) is 0 Å². The number of ketones is 1. The highest BCUT2D eigenvalue weighted by atomic mass is 16.5. The van der Waals surface area contributed by atoms with Crippen molar-refractivity contribution in [2.24, 2.45) is 0 Å². The van der Waals surface area contributed by atoms with Gasteiger partial charge < -0.3 is 19.9 Å². The number of carbonyl (C=O) groups is 3. The van der Waals surface area contributed by atoms with Crippen molar-refractivity contribution in [1.29, 1.82) is 0 Å². The number of rotatable bonds is 7. The standard InChI is InChI=1S/C24H29N3O4/c1-17(2)31-22-10-6-20(7-11-22)24(30)25-16-23(29)27-14-12-26(13-15-27)21-8-4-19(5-9-21)18(3)28/h4-11,17H,12-16H2,1-3H3,(H,25,30). The number of piperazine rings is 1. The number of hydrogen-bond donors (Lipinski definition) is 1. The summed E-state index contributed by atoms with van der Waals surface area (Å²) >= 11 is 0. The third-order valence-corrected chi connectivity index (χ3v) is 5.16. The summed E-state index contributed by atoms with van der Waals surface area (Å²) in [6, 6.07) is 14.4. The molecule has 1 aliphatic heterocycles. The Hall–Kier alpha value is -3.35. The van der Waals surface area contributed by atoms with E-state index in [2.05, 4.69) is 10.2 Å². The molecule has 0 atom stereocenters. The largest absolute Gasteiger partial charge is 0.491 e. The molecule has 164 valence electrons. The van der Waals surface area contributed by atoms with E-state index in [1.807, 2.05) is 38.1 Å². The Balaban J connectivity index is 1.45. The fraction of sp³-hybridized carbons (Fsp3) is 0.375. The molecule has 3 rings (SSSR count). The first-order valence-corrected chi connectivity index (χ1v) is 10.5. The zero-order valence-corrected chi connectivity index (χ0v) is 18.3. The van der Waals surface area contributed by atoms with Crippen LogP contribution < -0.4 is 15.0 Å². The summed E-state index contributed by atoms with van der Waals surface area (Å²) in [7, 11) is 0. The minimum atomic E-state index is -0.284. The van der Waals surface area contributed by atoms with Crippen LogP contribution in [0.2, 0.25) is 0 Å². The Morgan fingerprint density at radius 1 is 0.903 bits per heavy atom. The van der Waals surface area contributed by atoms with Crippen molar-refractivity contribution >= 4 is 23.3 Å². The Morgan fingerprint density at radius 3 is 2.03 bits per heavy atom. The lowest BCUT2D eigenvalue weighted by atomic mass is 10.1. The molecule has 1 fully saturated rings. The zero-order chi connectivity index (χ0) is 22.4. The quantitative estimate of drug-likeness (QED) is 0.693. The summed E-state index contributed by atoms with van der Waals surface area (Å²) in [6.07, 6.45) is 0.0673. The monoisotopic (exact) mass is 423 g/mol. The van der Waals surface area contributed by atoms with E-state index in [0.29, 0.717) is 43.1 Å². The third-order valence-electron chi connectivity index (χ3n) is 5.16. The number of Topliss-reactive ketones (excluding diaryl/α,β-unsaturated/α-hetero) is 1. The molecule has 1 heterocycles. The van der Waals surface area contributed by atoms with E-state index in [9.17, 15) is 14.4 Å². The van der Waals surface area contributed by atoms with E-state index in [-0.39, 0.29) is 30.2 Å². The minimum absolute atomic E-state index is 0.0314. The predicted octanol–water partition coefficient (Wildman–Crippen LogP) is 2.76. The predicted molar refractivity (Wildman–Crippen MR) is 120 cm³/mol. The average molecular weight is 424 g/mol. The Bertz CT molecular complexity index is 915. The molecule has 2 aromatic rings. The summed E-state index contributed by atoms with van der Waals surface area (Å²) in [5.41, 5.74) is 2.22. The molecule has 2 aromatic carbocycles. The van der Waals surface area contributed by atoms with Gasteiger partial charge in [-0.2, -0.15) is 0 Å². The molecule has 0 aliphatic carbocycles. The highest BCUT2D eigenvalue weighted by Crippen LogP contribution is 2.18. The normalized spacial score (nSPS) is 13.8. The fourth-order valence-electron chi connectivity index (χ4n) is 3.45. The van der Waals surface area contributed by atoms with Gasteiger partial charge in [0.05, 0.1) is 12.6 Å². The highest BCUT2D eigenvalue weighted by Gasteiger charge is 2.22. The number of benzene rings is 2. The lowest BCUT2D eigenvalue weighted by molar-refractivity contribution is -0.130. The molecule has 0 saturated carbocycles. The van der Waals surface area contributed by atoms with Crippen LogP contribution in [0.3, 0.4) is 0 Å². The lowest BCUT2D eigenvalue weighted by Crippen LogP contribution is -2.51. The molecule has 0 radical (unpaired) electrons. The second-order valence-electron chi connectivity index (χ2n) is 7.84. The van der Waals surface area contributed by atoms with Gasteiger partial charge in [-0.1, -0.05) is 0 Å². The molecule has 2 amide bonds. The molecule has 0 bridgehead atoms. The first kappa shape index (κ1) is 22.3. The first-order chi connectivity index (χ1) is 14.8. The third kappa shape index (κ3) is 6.07. The van der Waals surface area contributed by atoms with Gasteiger partial charge in [-0.25, -0.2) is 0 Å². The van der Waals surface area contributed by atoms with E-state index in [1.165, 1.54) is 0 Å². The van der Waals surface area contributed by atoms with E-state index < -0.39 is 0 Å². The second kappa shape index (κ2) is 10.1. The number of ether oxygens (including phenoxy) is 1. The highest BCUT2D eigenvalue weighted by molar-refractivity contribution is 5.96. The molecule has 31 heavy (non-hydrogen) atoms. The number of nitrogens with zero attached hydrogens (tertiary/aromatic N) is 2. The molecule has 1 N–H and O–H groups in total. The second-order valence-corrected chi connectivity index (χ2v) is 7.84. The van der Waals surface area contributed by atoms with Crippen molar-refractivity contribution in [3.05, 3.63) is 59.7 Å². The smallest absolute Gasteiger partial charge is 0.251 e. The van der Waals surface area contributed by atoms with Gasteiger partial charge in [0, 0.05) is 43.0 Å². The summed E-state index contributed by atoms with van der Waals surface area (Å²) in [5, 5.41) is 2.70. The van der Waals surface area contributed by atoms with Gasteiger partial charge in [-0.05, 0) is 69.3 Å². The lowest BCUT2D eigenvalue weighted by Gasteiger charge is -2.36. The molecule has 7 heteroatoms. The number of nitrogens with one attached hydrogen (secondary N) is 1. The molecular weight excluding hydrogens is 394 g/mol. The molecule has 0 spiro atoms. The maximum Gasteiger partial charge on any atom is 0.251 e. The van der Waals surface area contributed by atoms with Crippen LogP contribution >= 0.6 is 0 Å². The Morgan fingerprint density at radius 2 is 1.48 bits per heavy atom. The van der Waals surface area contributed by atoms with Crippen LogP contribution in [-0.2, 0) is 4.79 Å². The molecule has 0 unspecified atom stereocenters. The van der Waals surface area contributed by atoms with Crippen LogP contribution in [0, 0.1) is 0 Å². The van der Waals surface area contributed by atoms with E-state index in [0.717, 1.165) is 5.69 Å². The maximum absolute atomic E-state index is 12.5. The average Bonchev–Trinajstić information content (AvgIpc) is 2.77. The number of amides is 2. The van der Waals surface area contributed by atoms with Crippen LogP contribution in [0.25, 0.3) is 0 Å². The molecule has 1 saturated heterocycles. The SMILES string of the molecule is CC(=O)c1ccc(N2CCN(C(=O)CNC(=O)c3ccc(OC(C)C)cc3)CC2)cc1. The number of anilines is 1. The van der Waals surface area contributed by atoms with Crippen LogP contribution in [0.1, 0.15) is 41.5 Å². The van der Waals surface area contributed by atoms with Gasteiger partial charge in [0.15, 0.2) is 5.78 Å². The summed E-state index contributed by atoms with van der Waals surface area (Å²) in [5.74, 6) is 0.369. The first-order valence-electron chi connectivity index (χ1n) is 10.5. The van der Waals surface area contributed by atoms with Gasteiger partial charge >= 0.3 is 0 Å². The van der Waals surface area contributed by atoms with Gasteiger partial charge in [0.25, 0.3) is 5.91 Å². The van der Waals surface area contributed by atoms with E-state index in [1.54, 1.807) is 36.1 Å². The van der Waals surface area contributed by atoms with Crippen molar-refractivity contribution in [3.8, 4) is 5.75 Å². The van der Waals surface area contributed by atoms with Gasteiger partial charge in [0.2, 0.25) is 5.91 Å². The van der Waals surface area contributed by atoms with Crippen LogP contribution in [0.5, 0.6) is 5.75 Å². The Kier molecular flexibility index (Phi) is 7.28. The van der Waals surface area contributed by atoms with E-state index >= 15 is 0 Å². The van der Waals surface area contributed by atoms with Crippen molar-refractivity contribution in [1.82, 2.24) is 10.2 Å².